The predicted molar refractivity (Wildman–Crippen MR) is 85.7 cm³/mol. The summed E-state index contributed by atoms with van der Waals surface area (Å²) < 4.78 is 15.9. The molecule has 1 atom stereocenters. The van der Waals surface area contributed by atoms with Gasteiger partial charge < -0.3 is 19.5 Å². The highest BCUT2D eigenvalue weighted by Gasteiger charge is 2.19. The van der Waals surface area contributed by atoms with Gasteiger partial charge in [-0.2, -0.15) is 0 Å². The number of benzene rings is 1. The number of methoxy groups -OCH3 is 1. The fraction of sp³-hybridized carbons (Fsp3) is 0.562. The summed E-state index contributed by atoms with van der Waals surface area (Å²) in [6.45, 7) is 6.93. The van der Waals surface area contributed by atoms with Crippen molar-refractivity contribution in [3.8, 4) is 5.75 Å². The van der Waals surface area contributed by atoms with Gasteiger partial charge in [-0.25, -0.2) is 4.79 Å². The maximum Gasteiger partial charge on any atom is 0.412 e. The van der Waals surface area contributed by atoms with Crippen molar-refractivity contribution < 1.29 is 19.0 Å². The first-order valence-electron chi connectivity index (χ1n) is 7.40. The molecule has 6 nitrogen and oxygen atoms in total. The monoisotopic (exact) mass is 308 g/mol. The third-order valence-corrected chi connectivity index (χ3v) is 3.14. The van der Waals surface area contributed by atoms with Crippen LogP contribution in [0.3, 0.4) is 0 Å². The molecule has 1 aliphatic heterocycles. The Morgan fingerprint density at radius 3 is 2.73 bits per heavy atom. The molecular weight excluding hydrogens is 284 g/mol. The van der Waals surface area contributed by atoms with Crippen LogP contribution < -0.4 is 15.4 Å². The summed E-state index contributed by atoms with van der Waals surface area (Å²) in [7, 11) is 1.56. The van der Waals surface area contributed by atoms with E-state index in [0.29, 0.717) is 24.1 Å². The van der Waals surface area contributed by atoms with Crippen molar-refractivity contribution in [2.45, 2.75) is 38.8 Å². The molecule has 0 saturated carbocycles. The van der Waals surface area contributed by atoms with Gasteiger partial charge in [0.2, 0.25) is 0 Å². The molecule has 22 heavy (non-hydrogen) atoms. The van der Waals surface area contributed by atoms with Gasteiger partial charge in [0.1, 0.15) is 11.4 Å². The number of rotatable bonds is 4. The van der Waals surface area contributed by atoms with Crippen molar-refractivity contribution in [1.29, 1.82) is 0 Å². The minimum Gasteiger partial charge on any atom is -0.495 e. The number of carbonyl (C=O) groups excluding carboxylic acids is 1. The van der Waals surface area contributed by atoms with E-state index < -0.39 is 11.7 Å². The van der Waals surface area contributed by atoms with Crippen molar-refractivity contribution >= 4 is 17.5 Å². The van der Waals surface area contributed by atoms with Crippen LogP contribution >= 0.6 is 0 Å². The molecule has 0 radical (unpaired) electrons. The molecule has 1 saturated heterocycles. The average Bonchev–Trinajstić information content (AvgIpc) is 2.89. The van der Waals surface area contributed by atoms with Crippen molar-refractivity contribution in [1.82, 2.24) is 0 Å². The minimum atomic E-state index is -0.547. The van der Waals surface area contributed by atoms with E-state index in [2.05, 4.69) is 10.6 Å². The van der Waals surface area contributed by atoms with Gasteiger partial charge in [0.05, 0.1) is 25.4 Å². The molecule has 1 unspecified atom stereocenters. The van der Waals surface area contributed by atoms with Gasteiger partial charge >= 0.3 is 6.09 Å². The van der Waals surface area contributed by atoms with E-state index in [1.54, 1.807) is 7.11 Å². The highest BCUT2D eigenvalue weighted by molar-refractivity contribution is 5.88. The summed E-state index contributed by atoms with van der Waals surface area (Å²) in [5, 5.41) is 6.11. The van der Waals surface area contributed by atoms with Crippen LogP contribution in [0.1, 0.15) is 27.2 Å². The van der Waals surface area contributed by atoms with Crippen LogP contribution in [0, 0.1) is 0 Å². The molecule has 1 aliphatic rings. The Morgan fingerprint density at radius 2 is 2.14 bits per heavy atom. The number of hydrogen-bond acceptors (Lipinski definition) is 5. The summed E-state index contributed by atoms with van der Waals surface area (Å²) in [5.41, 5.74) is 0.928. The topological polar surface area (TPSA) is 68.8 Å². The lowest BCUT2D eigenvalue weighted by molar-refractivity contribution is 0.0635. The van der Waals surface area contributed by atoms with Crippen LogP contribution in [-0.4, -0.2) is 38.1 Å². The normalized spacial score (nSPS) is 17.9. The molecule has 122 valence electrons. The molecule has 0 bridgehead atoms. The van der Waals surface area contributed by atoms with Gasteiger partial charge in [-0.1, -0.05) is 0 Å². The molecule has 1 heterocycles. The van der Waals surface area contributed by atoms with Crippen LogP contribution in [-0.2, 0) is 9.47 Å². The Bertz CT molecular complexity index is 519. The van der Waals surface area contributed by atoms with Crippen LogP contribution in [0.2, 0.25) is 0 Å². The molecule has 2 rings (SSSR count). The summed E-state index contributed by atoms with van der Waals surface area (Å²) >= 11 is 0. The van der Waals surface area contributed by atoms with Gasteiger partial charge in [0.15, 0.2) is 0 Å². The van der Waals surface area contributed by atoms with E-state index in [1.165, 1.54) is 0 Å². The molecule has 0 aromatic heterocycles. The summed E-state index contributed by atoms with van der Waals surface area (Å²) in [4.78, 5) is 11.9. The Kier molecular flexibility index (Phi) is 5.13. The molecule has 0 aliphatic carbocycles. The number of carbonyl (C=O) groups is 1. The first kappa shape index (κ1) is 16.4. The van der Waals surface area contributed by atoms with Crippen molar-refractivity contribution in [2.75, 3.05) is 31.0 Å². The largest absolute Gasteiger partial charge is 0.495 e. The fourth-order valence-electron chi connectivity index (χ4n) is 2.19. The van der Waals surface area contributed by atoms with E-state index in [1.807, 2.05) is 39.0 Å². The molecule has 0 spiro atoms. The third kappa shape index (κ3) is 4.80. The highest BCUT2D eigenvalue weighted by Crippen LogP contribution is 2.29. The summed E-state index contributed by atoms with van der Waals surface area (Å²) in [6, 6.07) is 5.85. The van der Waals surface area contributed by atoms with Crippen molar-refractivity contribution in [3.63, 3.8) is 0 Å². The first-order chi connectivity index (χ1) is 10.4. The maximum absolute atomic E-state index is 11.9. The van der Waals surface area contributed by atoms with E-state index >= 15 is 0 Å². The number of anilines is 2. The number of nitrogens with one attached hydrogen (secondary N) is 2. The molecule has 1 amide bonds. The Balaban J connectivity index is 2.08. The number of hydrogen-bond donors (Lipinski definition) is 2. The standard InChI is InChI=1S/C16H24N2O4/c1-16(2,3)22-15(19)18-13-9-11(5-6-14(13)20-4)17-12-7-8-21-10-12/h5-6,9,12,17H,7-8,10H2,1-4H3,(H,18,19). The SMILES string of the molecule is COc1ccc(NC2CCOC2)cc1NC(=O)OC(C)(C)C. The second-order valence-corrected chi connectivity index (χ2v) is 6.25. The van der Waals surface area contributed by atoms with Crippen molar-refractivity contribution in [2.24, 2.45) is 0 Å². The second kappa shape index (κ2) is 6.87. The number of ether oxygens (including phenoxy) is 3. The van der Waals surface area contributed by atoms with Crippen LogP contribution in [0.15, 0.2) is 18.2 Å². The Hall–Kier alpha value is -1.95. The Labute approximate surface area is 131 Å². The smallest absolute Gasteiger partial charge is 0.412 e. The zero-order chi connectivity index (χ0) is 16.2. The van der Waals surface area contributed by atoms with Gasteiger partial charge in [0, 0.05) is 12.3 Å². The lowest BCUT2D eigenvalue weighted by atomic mass is 10.2. The van der Waals surface area contributed by atoms with E-state index in [0.717, 1.165) is 18.7 Å². The van der Waals surface area contributed by atoms with Crippen LogP contribution in [0.5, 0.6) is 5.75 Å². The van der Waals surface area contributed by atoms with Gasteiger partial charge in [-0.05, 0) is 45.4 Å². The van der Waals surface area contributed by atoms with Crippen LogP contribution in [0.4, 0.5) is 16.2 Å². The first-order valence-corrected chi connectivity index (χ1v) is 7.40. The molecule has 1 aromatic carbocycles. The maximum atomic E-state index is 11.9. The Morgan fingerprint density at radius 1 is 1.36 bits per heavy atom. The van der Waals surface area contributed by atoms with Gasteiger partial charge in [-0.3, -0.25) is 5.32 Å². The quantitative estimate of drug-likeness (QED) is 0.893. The summed E-state index contributed by atoms with van der Waals surface area (Å²) in [6.07, 6.45) is 0.466. The zero-order valence-electron chi connectivity index (χ0n) is 13.6. The van der Waals surface area contributed by atoms with Crippen LogP contribution in [0.25, 0.3) is 0 Å². The molecule has 6 heteroatoms. The highest BCUT2D eigenvalue weighted by atomic mass is 16.6. The van der Waals surface area contributed by atoms with Gasteiger partial charge in [0.25, 0.3) is 0 Å². The molecule has 2 N–H and O–H groups in total. The molecular formula is C16H24N2O4. The third-order valence-electron chi connectivity index (χ3n) is 3.14. The average molecular weight is 308 g/mol. The summed E-state index contributed by atoms with van der Waals surface area (Å²) in [5.74, 6) is 0.582. The van der Waals surface area contributed by atoms with E-state index in [-0.39, 0.29) is 0 Å². The fourth-order valence-corrected chi connectivity index (χ4v) is 2.19. The van der Waals surface area contributed by atoms with Crippen molar-refractivity contribution in [3.05, 3.63) is 18.2 Å². The minimum absolute atomic E-state index is 0.294. The van der Waals surface area contributed by atoms with E-state index in [9.17, 15) is 4.79 Å². The predicted octanol–water partition coefficient (Wildman–Crippen LogP) is 3.24. The lowest BCUT2D eigenvalue weighted by Gasteiger charge is -2.21. The number of amides is 1. The molecule has 1 aromatic rings. The lowest BCUT2D eigenvalue weighted by Crippen LogP contribution is -2.27. The second-order valence-electron chi connectivity index (χ2n) is 6.25. The van der Waals surface area contributed by atoms with Gasteiger partial charge in [-0.15, -0.1) is 0 Å². The molecule has 1 fully saturated rings. The zero-order valence-corrected chi connectivity index (χ0v) is 13.6. The van der Waals surface area contributed by atoms with E-state index in [4.69, 9.17) is 14.2 Å².